The van der Waals surface area contributed by atoms with Crippen molar-refractivity contribution >= 4 is 16.5 Å². The van der Waals surface area contributed by atoms with Gasteiger partial charge in [0.1, 0.15) is 11.6 Å². The third-order valence-electron chi connectivity index (χ3n) is 1.31. The van der Waals surface area contributed by atoms with E-state index in [4.69, 9.17) is 5.11 Å². The number of halogens is 2. The molecule has 0 aromatic heterocycles. The van der Waals surface area contributed by atoms with Gasteiger partial charge in [-0.1, -0.05) is 3.89 Å². The Labute approximate surface area is 83.3 Å². The third-order valence-corrected chi connectivity index (χ3v) is 1.71. The molecule has 0 fully saturated rings. The second-order valence-electron chi connectivity index (χ2n) is 2.46. The van der Waals surface area contributed by atoms with Crippen LogP contribution in [-0.2, 0) is 10.5 Å². The number of aromatic carboxylic acids is 1. The van der Waals surface area contributed by atoms with E-state index in [0.29, 0.717) is 18.2 Å². The van der Waals surface area contributed by atoms with Crippen LogP contribution < -0.4 is 4.18 Å². The number of hydrogen-bond donors (Lipinski definition) is 1. The molecule has 8 heteroatoms. The molecule has 0 radical (unpaired) electrons. The summed E-state index contributed by atoms with van der Waals surface area (Å²) in [5.74, 6) is -3.28. The van der Waals surface area contributed by atoms with E-state index in [9.17, 15) is 21.5 Å². The Bertz CT molecular complexity index is 496. The van der Waals surface area contributed by atoms with E-state index in [0.717, 1.165) is 0 Å². The largest absolute Gasteiger partial charge is 0.488 e. The van der Waals surface area contributed by atoms with Crippen molar-refractivity contribution in [1.29, 1.82) is 0 Å². The fourth-order valence-corrected chi connectivity index (χ4v) is 1.18. The lowest BCUT2D eigenvalue weighted by atomic mass is 10.2. The number of carbonyl (C=O) groups is 1. The minimum Gasteiger partial charge on any atom is -0.478 e. The summed E-state index contributed by atoms with van der Waals surface area (Å²) in [6.45, 7) is 0. The number of carboxylic acids is 1. The lowest BCUT2D eigenvalue weighted by Crippen LogP contribution is -2.04. The van der Waals surface area contributed by atoms with Gasteiger partial charge in [-0.3, -0.25) is 0 Å². The van der Waals surface area contributed by atoms with Crippen molar-refractivity contribution in [1.82, 2.24) is 0 Å². The molecule has 0 spiro atoms. The van der Waals surface area contributed by atoms with Crippen molar-refractivity contribution < 1.29 is 30.8 Å². The summed E-state index contributed by atoms with van der Waals surface area (Å²) in [4.78, 5) is 10.4. The Balaban J connectivity index is 3.15. The van der Waals surface area contributed by atoms with Crippen molar-refractivity contribution in [3.05, 3.63) is 29.6 Å². The number of carboxylic acid groups (broad SMARTS) is 1. The van der Waals surface area contributed by atoms with Gasteiger partial charge in [0, 0.05) is 6.07 Å². The average molecular weight is 238 g/mol. The molecule has 0 atom stereocenters. The first-order valence-corrected chi connectivity index (χ1v) is 4.77. The predicted octanol–water partition coefficient (Wildman–Crippen LogP) is 1.12. The zero-order valence-corrected chi connectivity index (χ0v) is 7.79. The molecule has 1 aromatic rings. The summed E-state index contributed by atoms with van der Waals surface area (Å²) in [7, 11) is -5.30. The predicted molar refractivity (Wildman–Crippen MR) is 44.0 cm³/mol. The molecule has 1 N–H and O–H groups in total. The standard InChI is InChI=1S/C7H4F2O5S/c8-5-1-4(7(10)11)2-6(3-5)14-15(9,12)13/h1-3H,(H,10,11). The molecule has 1 rings (SSSR count). The molecular weight excluding hydrogens is 234 g/mol. The highest BCUT2D eigenvalue weighted by Gasteiger charge is 2.13. The van der Waals surface area contributed by atoms with E-state index in [1.165, 1.54) is 0 Å². The van der Waals surface area contributed by atoms with Gasteiger partial charge in [-0.2, -0.15) is 8.42 Å². The van der Waals surface area contributed by atoms with Crippen LogP contribution in [0.3, 0.4) is 0 Å². The highest BCUT2D eigenvalue weighted by molar-refractivity contribution is 7.81. The molecule has 0 aliphatic rings. The Kier molecular flexibility index (Phi) is 2.89. The van der Waals surface area contributed by atoms with Gasteiger partial charge in [0.25, 0.3) is 0 Å². The van der Waals surface area contributed by atoms with Gasteiger partial charge in [-0.05, 0) is 12.1 Å². The normalized spacial score (nSPS) is 11.1. The quantitative estimate of drug-likeness (QED) is 0.798. The van der Waals surface area contributed by atoms with Gasteiger partial charge in [-0.25, -0.2) is 9.18 Å². The van der Waals surface area contributed by atoms with Crippen molar-refractivity contribution in [2.24, 2.45) is 0 Å². The van der Waals surface area contributed by atoms with Gasteiger partial charge >= 0.3 is 16.5 Å². The highest BCUT2D eigenvalue weighted by Crippen LogP contribution is 2.18. The Morgan fingerprint density at radius 2 is 1.93 bits per heavy atom. The molecule has 0 heterocycles. The fourth-order valence-electron chi connectivity index (χ4n) is 0.849. The van der Waals surface area contributed by atoms with Gasteiger partial charge in [0.05, 0.1) is 5.56 Å². The number of hydrogen-bond acceptors (Lipinski definition) is 4. The van der Waals surface area contributed by atoms with Crippen LogP contribution in [-0.4, -0.2) is 19.5 Å². The zero-order chi connectivity index (χ0) is 11.6. The number of rotatable bonds is 3. The monoisotopic (exact) mass is 238 g/mol. The Hall–Kier alpha value is -1.70. The van der Waals surface area contributed by atoms with E-state index in [2.05, 4.69) is 4.18 Å². The summed E-state index contributed by atoms with van der Waals surface area (Å²) in [6, 6.07) is 1.87. The molecule has 5 nitrogen and oxygen atoms in total. The van der Waals surface area contributed by atoms with Crippen molar-refractivity contribution in [2.45, 2.75) is 0 Å². The van der Waals surface area contributed by atoms with Crippen molar-refractivity contribution in [3.63, 3.8) is 0 Å². The zero-order valence-electron chi connectivity index (χ0n) is 6.98. The molecule has 0 bridgehead atoms. The van der Waals surface area contributed by atoms with Gasteiger partial charge in [0.15, 0.2) is 0 Å². The van der Waals surface area contributed by atoms with E-state index in [1.807, 2.05) is 0 Å². The average Bonchev–Trinajstić information content (AvgIpc) is 1.99. The molecule has 0 amide bonds. The van der Waals surface area contributed by atoms with Crippen LogP contribution in [0.2, 0.25) is 0 Å². The summed E-state index contributed by atoms with van der Waals surface area (Å²) >= 11 is 0. The molecule has 0 saturated heterocycles. The summed E-state index contributed by atoms with van der Waals surface area (Å²) in [5, 5.41) is 8.47. The van der Waals surface area contributed by atoms with Crippen LogP contribution in [0.5, 0.6) is 5.75 Å². The lowest BCUT2D eigenvalue weighted by Gasteiger charge is -2.01. The van der Waals surface area contributed by atoms with Crippen molar-refractivity contribution in [2.75, 3.05) is 0 Å². The van der Waals surface area contributed by atoms with Crippen molar-refractivity contribution in [3.8, 4) is 5.75 Å². The van der Waals surface area contributed by atoms with E-state index < -0.39 is 33.6 Å². The maximum Gasteiger partial charge on any atom is 0.488 e. The number of benzene rings is 1. The molecule has 1 aromatic carbocycles. The smallest absolute Gasteiger partial charge is 0.478 e. The second-order valence-corrected chi connectivity index (χ2v) is 3.41. The maximum absolute atomic E-state index is 12.7. The molecular formula is C7H4F2O5S. The molecule has 0 aliphatic heterocycles. The first-order valence-electron chi connectivity index (χ1n) is 3.46. The van der Waals surface area contributed by atoms with Gasteiger partial charge < -0.3 is 9.29 Å². The van der Waals surface area contributed by atoms with Gasteiger partial charge in [-0.15, -0.1) is 0 Å². The van der Waals surface area contributed by atoms with Crippen LogP contribution in [0.4, 0.5) is 8.28 Å². The van der Waals surface area contributed by atoms with Crippen LogP contribution in [0.15, 0.2) is 18.2 Å². The first-order chi connectivity index (χ1) is 6.78. The molecule has 0 saturated carbocycles. The molecule has 82 valence electrons. The van der Waals surface area contributed by atoms with Crippen LogP contribution >= 0.6 is 0 Å². The van der Waals surface area contributed by atoms with Crippen LogP contribution in [0.1, 0.15) is 10.4 Å². The Morgan fingerprint density at radius 1 is 1.33 bits per heavy atom. The topological polar surface area (TPSA) is 80.7 Å². The van der Waals surface area contributed by atoms with Gasteiger partial charge in [0.2, 0.25) is 0 Å². The molecule has 15 heavy (non-hydrogen) atoms. The van der Waals surface area contributed by atoms with E-state index in [1.54, 1.807) is 0 Å². The second kappa shape index (κ2) is 3.81. The third kappa shape index (κ3) is 3.50. The fraction of sp³-hybridized carbons (Fsp3) is 0. The molecule has 0 unspecified atom stereocenters. The summed E-state index contributed by atoms with van der Waals surface area (Å²) in [5.41, 5.74) is -0.548. The van der Waals surface area contributed by atoms with Crippen LogP contribution in [0.25, 0.3) is 0 Å². The lowest BCUT2D eigenvalue weighted by molar-refractivity contribution is 0.0696. The highest BCUT2D eigenvalue weighted by atomic mass is 32.3. The van der Waals surface area contributed by atoms with Crippen LogP contribution in [0, 0.1) is 5.82 Å². The SMILES string of the molecule is O=C(O)c1cc(F)cc(OS(=O)(=O)F)c1. The van der Waals surface area contributed by atoms with E-state index >= 15 is 0 Å². The van der Waals surface area contributed by atoms with E-state index in [-0.39, 0.29) is 0 Å². The summed E-state index contributed by atoms with van der Waals surface area (Å²) in [6.07, 6.45) is 0. The molecule has 0 aliphatic carbocycles. The minimum atomic E-state index is -5.30. The maximum atomic E-state index is 12.7. The Morgan fingerprint density at radius 3 is 2.40 bits per heavy atom. The summed E-state index contributed by atoms with van der Waals surface area (Å²) < 4.78 is 48.5. The first kappa shape index (κ1) is 11.4. The minimum absolute atomic E-state index is 0.545.